The van der Waals surface area contributed by atoms with Gasteiger partial charge in [0.1, 0.15) is 5.25 Å². The molecule has 1 atom stereocenters. The first-order chi connectivity index (χ1) is 7.27. The molecule has 1 aromatic rings. The van der Waals surface area contributed by atoms with Gasteiger partial charge in [-0.15, -0.1) is 6.58 Å². The molecule has 88 valence electrons. The maximum absolute atomic E-state index is 11.5. The van der Waals surface area contributed by atoms with Crippen LogP contribution < -0.4 is 5.14 Å². The monoisotopic (exact) mass is 239 g/mol. The molecule has 16 heavy (non-hydrogen) atoms. The third-order valence-corrected chi connectivity index (χ3v) is 3.73. The Morgan fingerprint density at radius 1 is 1.25 bits per heavy atom. The van der Waals surface area contributed by atoms with E-state index >= 15 is 0 Å². The molecule has 0 radical (unpaired) electrons. The number of rotatable bonds is 3. The van der Waals surface area contributed by atoms with Crippen molar-refractivity contribution in [3.05, 3.63) is 47.0 Å². The van der Waals surface area contributed by atoms with E-state index in [2.05, 4.69) is 6.58 Å². The van der Waals surface area contributed by atoms with E-state index in [1.54, 1.807) is 0 Å². The number of hydrogen-bond acceptors (Lipinski definition) is 2. The molecular weight excluding hydrogens is 222 g/mol. The fourth-order valence-electron chi connectivity index (χ4n) is 2.06. The van der Waals surface area contributed by atoms with Gasteiger partial charge in [0.2, 0.25) is 10.0 Å². The maximum Gasteiger partial charge on any atom is 0.219 e. The van der Waals surface area contributed by atoms with Gasteiger partial charge in [-0.05, 0) is 37.5 Å². The van der Waals surface area contributed by atoms with Gasteiger partial charge in [-0.25, -0.2) is 13.6 Å². The quantitative estimate of drug-likeness (QED) is 0.821. The molecular formula is C12H17NO2S. The molecule has 0 heterocycles. The van der Waals surface area contributed by atoms with Gasteiger partial charge in [0.05, 0.1) is 0 Å². The molecule has 4 heteroatoms. The minimum Gasteiger partial charge on any atom is -0.228 e. The number of nitrogens with two attached hydrogens (primary N) is 1. The summed E-state index contributed by atoms with van der Waals surface area (Å²) in [6.45, 7) is 9.30. The highest BCUT2D eigenvalue weighted by molar-refractivity contribution is 7.89. The van der Waals surface area contributed by atoms with Gasteiger partial charge in [0.15, 0.2) is 0 Å². The second-order valence-electron chi connectivity index (χ2n) is 4.06. The first-order valence-electron chi connectivity index (χ1n) is 4.99. The predicted octanol–water partition coefficient (Wildman–Crippen LogP) is 2.13. The standard InChI is InChI=1S/C12H17NO2S/c1-5-11(16(13,14)15)12-9(3)6-8(2)7-10(12)4/h5-7,11H,1H2,2-4H3,(H2,13,14,15). The molecule has 0 saturated carbocycles. The molecule has 0 aliphatic heterocycles. The van der Waals surface area contributed by atoms with Crippen LogP contribution in [0.2, 0.25) is 0 Å². The molecule has 0 aliphatic carbocycles. The Hall–Kier alpha value is -1.13. The van der Waals surface area contributed by atoms with E-state index in [1.165, 1.54) is 6.08 Å². The summed E-state index contributed by atoms with van der Waals surface area (Å²) >= 11 is 0. The number of aryl methyl sites for hydroxylation is 3. The van der Waals surface area contributed by atoms with Gasteiger partial charge in [-0.3, -0.25) is 0 Å². The van der Waals surface area contributed by atoms with E-state index in [0.29, 0.717) is 0 Å². The Kier molecular flexibility index (Phi) is 3.55. The van der Waals surface area contributed by atoms with E-state index in [4.69, 9.17) is 5.14 Å². The summed E-state index contributed by atoms with van der Waals surface area (Å²) < 4.78 is 22.9. The highest BCUT2D eigenvalue weighted by Gasteiger charge is 2.23. The van der Waals surface area contributed by atoms with Crippen LogP contribution in [-0.2, 0) is 10.0 Å². The summed E-state index contributed by atoms with van der Waals surface area (Å²) in [6, 6.07) is 3.90. The summed E-state index contributed by atoms with van der Waals surface area (Å²) in [6.07, 6.45) is 1.38. The fraction of sp³-hybridized carbons (Fsp3) is 0.333. The minimum atomic E-state index is -3.64. The van der Waals surface area contributed by atoms with Gasteiger partial charge < -0.3 is 0 Å². The summed E-state index contributed by atoms with van der Waals surface area (Å²) in [7, 11) is -3.64. The van der Waals surface area contributed by atoms with Crippen LogP contribution in [0.3, 0.4) is 0 Å². The lowest BCUT2D eigenvalue weighted by molar-refractivity contribution is 0.591. The molecule has 0 amide bonds. The Morgan fingerprint density at radius 2 is 1.69 bits per heavy atom. The Bertz CT molecular complexity index is 495. The van der Waals surface area contributed by atoms with Crippen molar-refractivity contribution in [3.63, 3.8) is 0 Å². The normalized spacial score (nSPS) is 13.5. The third-order valence-electron chi connectivity index (χ3n) is 2.59. The van der Waals surface area contributed by atoms with Crippen molar-refractivity contribution in [1.82, 2.24) is 0 Å². The van der Waals surface area contributed by atoms with Crippen molar-refractivity contribution >= 4 is 10.0 Å². The summed E-state index contributed by atoms with van der Waals surface area (Å²) in [4.78, 5) is 0. The van der Waals surface area contributed by atoms with Gasteiger partial charge in [-0.2, -0.15) is 0 Å². The van der Waals surface area contributed by atoms with Crippen molar-refractivity contribution < 1.29 is 8.42 Å². The van der Waals surface area contributed by atoms with Gasteiger partial charge in [0.25, 0.3) is 0 Å². The van der Waals surface area contributed by atoms with Gasteiger partial charge in [0, 0.05) is 0 Å². The molecule has 1 rings (SSSR count). The van der Waals surface area contributed by atoms with E-state index in [-0.39, 0.29) is 0 Å². The molecule has 1 unspecified atom stereocenters. The molecule has 2 N–H and O–H groups in total. The van der Waals surface area contributed by atoms with Crippen molar-refractivity contribution in [2.75, 3.05) is 0 Å². The van der Waals surface area contributed by atoms with Gasteiger partial charge >= 0.3 is 0 Å². The average Bonchev–Trinajstić information content (AvgIpc) is 2.08. The highest BCUT2D eigenvalue weighted by Crippen LogP contribution is 2.28. The van der Waals surface area contributed by atoms with Crippen molar-refractivity contribution in [2.24, 2.45) is 5.14 Å². The Balaban J connectivity index is 3.49. The largest absolute Gasteiger partial charge is 0.228 e. The van der Waals surface area contributed by atoms with Crippen LogP contribution >= 0.6 is 0 Å². The van der Waals surface area contributed by atoms with Crippen molar-refractivity contribution in [1.29, 1.82) is 0 Å². The van der Waals surface area contributed by atoms with Crippen LogP contribution in [0.25, 0.3) is 0 Å². The van der Waals surface area contributed by atoms with Gasteiger partial charge in [-0.1, -0.05) is 23.8 Å². The van der Waals surface area contributed by atoms with Crippen LogP contribution in [0.5, 0.6) is 0 Å². The molecule has 0 aliphatic rings. The molecule has 0 fully saturated rings. The summed E-state index contributed by atoms with van der Waals surface area (Å²) in [5.41, 5.74) is 3.70. The number of primary sulfonamides is 1. The smallest absolute Gasteiger partial charge is 0.219 e. The lowest BCUT2D eigenvalue weighted by atomic mass is 9.97. The zero-order valence-electron chi connectivity index (χ0n) is 9.82. The fourth-order valence-corrected chi connectivity index (χ4v) is 3.02. The maximum atomic E-state index is 11.5. The Morgan fingerprint density at radius 3 is 2.00 bits per heavy atom. The van der Waals surface area contributed by atoms with Crippen LogP contribution in [0.15, 0.2) is 24.8 Å². The molecule has 1 aromatic carbocycles. The zero-order valence-corrected chi connectivity index (χ0v) is 10.6. The molecule has 0 aromatic heterocycles. The van der Waals surface area contributed by atoms with E-state index in [9.17, 15) is 8.42 Å². The molecule has 3 nitrogen and oxygen atoms in total. The molecule has 0 saturated heterocycles. The minimum absolute atomic E-state index is 0.739. The first kappa shape index (κ1) is 12.9. The highest BCUT2D eigenvalue weighted by atomic mass is 32.2. The zero-order chi connectivity index (χ0) is 12.5. The van der Waals surface area contributed by atoms with E-state index in [0.717, 1.165) is 22.3 Å². The Labute approximate surface area is 97.0 Å². The third kappa shape index (κ3) is 2.51. The lowest BCUT2D eigenvalue weighted by Gasteiger charge is -2.17. The number of hydrogen-bond donors (Lipinski definition) is 1. The molecule has 0 bridgehead atoms. The van der Waals surface area contributed by atoms with Crippen LogP contribution in [0.1, 0.15) is 27.5 Å². The SMILES string of the molecule is C=CC(c1c(C)cc(C)cc1C)S(N)(=O)=O. The van der Waals surface area contributed by atoms with Crippen molar-refractivity contribution in [2.45, 2.75) is 26.0 Å². The second-order valence-corrected chi connectivity index (χ2v) is 5.74. The molecule has 0 spiro atoms. The van der Waals surface area contributed by atoms with Crippen molar-refractivity contribution in [3.8, 4) is 0 Å². The summed E-state index contributed by atoms with van der Waals surface area (Å²) in [5, 5.41) is 4.37. The second kappa shape index (κ2) is 4.39. The first-order valence-corrected chi connectivity index (χ1v) is 6.60. The predicted molar refractivity (Wildman–Crippen MR) is 66.7 cm³/mol. The average molecular weight is 239 g/mol. The summed E-state index contributed by atoms with van der Waals surface area (Å²) in [5.74, 6) is 0. The van der Waals surface area contributed by atoms with E-state index in [1.807, 2.05) is 32.9 Å². The van der Waals surface area contributed by atoms with Crippen LogP contribution in [0, 0.1) is 20.8 Å². The van der Waals surface area contributed by atoms with E-state index < -0.39 is 15.3 Å². The number of sulfonamides is 1. The van der Waals surface area contributed by atoms with Crippen LogP contribution in [0.4, 0.5) is 0 Å². The van der Waals surface area contributed by atoms with Crippen LogP contribution in [-0.4, -0.2) is 8.42 Å². The topological polar surface area (TPSA) is 60.2 Å². The number of benzene rings is 1. The lowest BCUT2D eigenvalue weighted by Crippen LogP contribution is -2.21.